The van der Waals surface area contributed by atoms with Crippen LogP contribution < -0.4 is 11.1 Å². The summed E-state index contributed by atoms with van der Waals surface area (Å²) in [5.74, 6) is -0.0600. The highest BCUT2D eigenvalue weighted by atomic mass is 16.3. The van der Waals surface area contributed by atoms with Gasteiger partial charge in [-0.15, -0.1) is 0 Å². The normalized spacial score (nSPS) is 23.7. The van der Waals surface area contributed by atoms with Crippen LogP contribution >= 0.6 is 0 Å². The van der Waals surface area contributed by atoms with Gasteiger partial charge in [-0.1, -0.05) is 25.0 Å². The maximum absolute atomic E-state index is 12.1. The van der Waals surface area contributed by atoms with Crippen molar-refractivity contribution < 1.29 is 9.90 Å². The van der Waals surface area contributed by atoms with Crippen LogP contribution in [-0.4, -0.2) is 17.1 Å². The number of nitrogens with two attached hydrogens (primary N) is 1. The molecule has 1 aliphatic rings. The first-order valence-corrected chi connectivity index (χ1v) is 6.47. The molecule has 4 heteroatoms. The van der Waals surface area contributed by atoms with Gasteiger partial charge in [0.05, 0.1) is 12.5 Å². The Hall–Kier alpha value is -1.39. The van der Waals surface area contributed by atoms with Gasteiger partial charge in [-0.25, -0.2) is 0 Å². The molecule has 4 nitrogen and oxygen atoms in total. The molecule has 1 fully saturated rings. The van der Waals surface area contributed by atoms with Crippen LogP contribution in [0.1, 0.15) is 31.2 Å². The van der Waals surface area contributed by atoms with E-state index in [1.165, 1.54) is 0 Å². The van der Waals surface area contributed by atoms with Crippen molar-refractivity contribution in [3.63, 3.8) is 0 Å². The van der Waals surface area contributed by atoms with E-state index in [1.807, 2.05) is 0 Å². The maximum Gasteiger partial charge on any atom is 0.229 e. The highest BCUT2D eigenvalue weighted by Gasteiger charge is 2.28. The summed E-state index contributed by atoms with van der Waals surface area (Å²) in [6, 6.07) is 7.19. The number of amides is 1. The molecular formula is C14H20N2O2. The molecule has 2 atom stereocenters. The van der Waals surface area contributed by atoms with Crippen LogP contribution in [0.25, 0.3) is 0 Å². The number of aliphatic hydroxyl groups excluding tert-OH is 1. The van der Waals surface area contributed by atoms with Crippen molar-refractivity contribution in [2.45, 2.75) is 38.3 Å². The van der Waals surface area contributed by atoms with Crippen LogP contribution in [0.3, 0.4) is 0 Å². The van der Waals surface area contributed by atoms with E-state index in [0.29, 0.717) is 0 Å². The van der Waals surface area contributed by atoms with Crippen molar-refractivity contribution in [1.29, 1.82) is 0 Å². The molecule has 1 aromatic rings. The average molecular weight is 248 g/mol. The van der Waals surface area contributed by atoms with Crippen molar-refractivity contribution in [3.8, 4) is 0 Å². The third-order valence-electron chi connectivity index (χ3n) is 3.56. The second-order valence-electron chi connectivity index (χ2n) is 4.90. The van der Waals surface area contributed by atoms with E-state index in [1.54, 1.807) is 24.3 Å². The number of rotatable bonds is 3. The molecule has 1 aliphatic carbocycles. The fraction of sp³-hybridized carbons (Fsp3) is 0.500. The maximum atomic E-state index is 12.1. The van der Waals surface area contributed by atoms with E-state index in [2.05, 4.69) is 5.32 Å². The molecule has 0 saturated heterocycles. The average Bonchev–Trinajstić information content (AvgIpc) is 2.40. The largest absolute Gasteiger partial charge is 0.392 e. The van der Waals surface area contributed by atoms with E-state index in [4.69, 9.17) is 10.8 Å². The van der Waals surface area contributed by atoms with Gasteiger partial charge in [0.2, 0.25) is 5.91 Å². The minimum atomic E-state index is -0.0729. The molecule has 98 valence electrons. The monoisotopic (exact) mass is 248 g/mol. The second-order valence-corrected chi connectivity index (χ2v) is 4.90. The third kappa shape index (κ3) is 3.09. The molecule has 4 N–H and O–H groups in total. The van der Waals surface area contributed by atoms with Gasteiger partial charge in [0, 0.05) is 11.7 Å². The van der Waals surface area contributed by atoms with E-state index in [0.717, 1.165) is 36.9 Å². The van der Waals surface area contributed by atoms with Crippen LogP contribution in [0, 0.1) is 5.92 Å². The molecule has 0 heterocycles. The van der Waals surface area contributed by atoms with Gasteiger partial charge in [-0.3, -0.25) is 4.79 Å². The van der Waals surface area contributed by atoms with Gasteiger partial charge in [-0.05, 0) is 30.5 Å². The van der Waals surface area contributed by atoms with Gasteiger partial charge in [0.25, 0.3) is 0 Å². The minimum Gasteiger partial charge on any atom is -0.392 e. The fourth-order valence-corrected chi connectivity index (χ4v) is 2.41. The standard InChI is InChI=1S/C14H20N2O2/c15-13-4-2-1-3-12(13)14(18)16-11-7-5-10(9-17)6-8-11/h5-8,12-13,17H,1-4,9,15H2,(H,16,18). The lowest BCUT2D eigenvalue weighted by Crippen LogP contribution is -2.40. The first kappa shape index (κ1) is 13.1. The highest BCUT2D eigenvalue weighted by molar-refractivity contribution is 5.93. The Morgan fingerprint density at radius 2 is 1.94 bits per heavy atom. The van der Waals surface area contributed by atoms with E-state index in [9.17, 15) is 4.79 Å². The SMILES string of the molecule is NC1CCCCC1C(=O)Nc1ccc(CO)cc1. The Bertz CT molecular complexity index is 403. The zero-order valence-electron chi connectivity index (χ0n) is 10.4. The van der Waals surface area contributed by atoms with Crippen molar-refractivity contribution in [2.24, 2.45) is 11.7 Å². The number of anilines is 1. The summed E-state index contributed by atoms with van der Waals surface area (Å²) in [5.41, 5.74) is 7.58. The summed E-state index contributed by atoms with van der Waals surface area (Å²) in [7, 11) is 0. The molecule has 2 unspecified atom stereocenters. The molecule has 0 spiro atoms. The van der Waals surface area contributed by atoms with Crippen molar-refractivity contribution in [2.75, 3.05) is 5.32 Å². The summed E-state index contributed by atoms with van der Waals surface area (Å²) in [6.45, 7) is 0.0156. The zero-order chi connectivity index (χ0) is 13.0. The summed E-state index contributed by atoms with van der Waals surface area (Å²) in [5, 5.41) is 11.8. The van der Waals surface area contributed by atoms with Gasteiger partial charge in [0.15, 0.2) is 0 Å². The summed E-state index contributed by atoms with van der Waals surface area (Å²) in [4.78, 5) is 12.1. The number of aliphatic hydroxyl groups is 1. The molecule has 1 aromatic carbocycles. The lowest BCUT2D eigenvalue weighted by Gasteiger charge is -2.27. The molecule has 0 bridgehead atoms. The van der Waals surface area contributed by atoms with Crippen molar-refractivity contribution in [3.05, 3.63) is 29.8 Å². The summed E-state index contributed by atoms with van der Waals surface area (Å²) in [6.07, 6.45) is 4.01. The van der Waals surface area contributed by atoms with Gasteiger partial charge in [0.1, 0.15) is 0 Å². The molecule has 0 radical (unpaired) electrons. The lowest BCUT2D eigenvalue weighted by atomic mass is 9.84. The highest BCUT2D eigenvalue weighted by Crippen LogP contribution is 2.24. The van der Waals surface area contributed by atoms with Crippen LogP contribution in [0.2, 0.25) is 0 Å². The number of carbonyl (C=O) groups is 1. The molecule has 18 heavy (non-hydrogen) atoms. The van der Waals surface area contributed by atoms with Crippen molar-refractivity contribution in [1.82, 2.24) is 0 Å². The Morgan fingerprint density at radius 3 is 2.56 bits per heavy atom. The number of hydrogen-bond acceptors (Lipinski definition) is 3. The zero-order valence-corrected chi connectivity index (χ0v) is 10.4. The molecule has 0 aromatic heterocycles. The molecule has 2 rings (SSSR count). The van der Waals surface area contributed by atoms with Gasteiger partial charge < -0.3 is 16.2 Å². The van der Waals surface area contributed by atoms with Crippen molar-refractivity contribution >= 4 is 11.6 Å². The summed E-state index contributed by atoms with van der Waals surface area (Å²) < 4.78 is 0. The van der Waals surface area contributed by atoms with E-state index >= 15 is 0 Å². The first-order chi connectivity index (χ1) is 8.70. The Labute approximate surface area is 107 Å². The quantitative estimate of drug-likeness (QED) is 0.761. The van der Waals surface area contributed by atoms with Crippen LogP contribution in [-0.2, 0) is 11.4 Å². The molecule has 0 aliphatic heterocycles. The second kappa shape index (κ2) is 5.98. The van der Waals surface area contributed by atoms with Crippen LogP contribution in [0.4, 0.5) is 5.69 Å². The van der Waals surface area contributed by atoms with Gasteiger partial charge in [-0.2, -0.15) is 0 Å². The predicted molar refractivity (Wildman–Crippen MR) is 70.9 cm³/mol. The smallest absolute Gasteiger partial charge is 0.229 e. The lowest BCUT2D eigenvalue weighted by molar-refractivity contribution is -0.121. The Balaban J connectivity index is 1.97. The minimum absolute atomic E-state index is 0.0129. The van der Waals surface area contributed by atoms with Crippen LogP contribution in [0.5, 0.6) is 0 Å². The Kier molecular flexibility index (Phi) is 4.33. The molecule has 1 saturated carbocycles. The Morgan fingerprint density at radius 1 is 1.28 bits per heavy atom. The number of hydrogen-bond donors (Lipinski definition) is 3. The number of benzene rings is 1. The third-order valence-corrected chi connectivity index (χ3v) is 3.56. The van der Waals surface area contributed by atoms with E-state index in [-0.39, 0.29) is 24.5 Å². The van der Waals surface area contributed by atoms with E-state index < -0.39 is 0 Å². The number of nitrogens with one attached hydrogen (secondary N) is 1. The first-order valence-electron chi connectivity index (χ1n) is 6.47. The van der Waals surface area contributed by atoms with Crippen LogP contribution in [0.15, 0.2) is 24.3 Å². The van der Waals surface area contributed by atoms with Gasteiger partial charge >= 0.3 is 0 Å². The molecular weight excluding hydrogens is 228 g/mol. The molecule has 1 amide bonds. The topological polar surface area (TPSA) is 75.4 Å². The number of carbonyl (C=O) groups excluding carboxylic acids is 1. The fourth-order valence-electron chi connectivity index (χ4n) is 2.41. The predicted octanol–water partition coefficient (Wildman–Crippen LogP) is 1.63. The summed E-state index contributed by atoms with van der Waals surface area (Å²) >= 11 is 0.